The van der Waals surface area contributed by atoms with Crippen LogP contribution in [0.2, 0.25) is 0 Å². The number of carbonyl (C=O) groups is 2. The fourth-order valence-corrected chi connectivity index (χ4v) is 3.68. The molecule has 0 bridgehead atoms. The van der Waals surface area contributed by atoms with Gasteiger partial charge in [0.05, 0.1) is 13.3 Å². The van der Waals surface area contributed by atoms with Crippen LogP contribution in [-0.2, 0) is 4.79 Å². The van der Waals surface area contributed by atoms with Gasteiger partial charge in [-0.1, -0.05) is 48.5 Å². The predicted octanol–water partition coefficient (Wildman–Crippen LogP) is 3.01. The maximum Gasteiger partial charge on any atom is 0.274 e. The van der Waals surface area contributed by atoms with Crippen molar-refractivity contribution >= 4 is 23.5 Å². The Kier molecular flexibility index (Phi) is 6.55. The zero-order chi connectivity index (χ0) is 22.3. The van der Waals surface area contributed by atoms with Gasteiger partial charge >= 0.3 is 0 Å². The van der Waals surface area contributed by atoms with E-state index in [1.165, 1.54) is 18.6 Å². The molecule has 1 fully saturated rings. The van der Waals surface area contributed by atoms with Gasteiger partial charge in [-0.3, -0.25) is 14.6 Å². The lowest BCUT2D eigenvalue weighted by Crippen LogP contribution is -2.50. The van der Waals surface area contributed by atoms with Crippen molar-refractivity contribution in [1.29, 1.82) is 0 Å². The first-order valence-electron chi connectivity index (χ1n) is 10.4. The molecule has 0 unspecified atom stereocenters. The first-order chi connectivity index (χ1) is 15.7. The summed E-state index contributed by atoms with van der Waals surface area (Å²) in [4.78, 5) is 37.7. The minimum absolute atomic E-state index is 0.0753. The summed E-state index contributed by atoms with van der Waals surface area (Å²) < 4.78 is 5.47. The zero-order valence-electron chi connectivity index (χ0n) is 17.8. The molecule has 4 rings (SSSR count). The number of rotatable bonds is 5. The molecular weight excluding hydrogens is 404 g/mol. The monoisotopic (exact) mass is 428 g/mol. The minimum Gasteiger partial charge on any atom is -0.496 e. The molecule has 0 radical (unpaired) electrons. The molecular formula is C25H24N4O3. The standard InChI is InChI=1S/C25H24N4O3/c1-32-23-10-6-5-9-20(23)17-21(19-7-3-2-4-8-19)24(30)28-13-15-29(16-14-28)25(31)22-18-26-11-12-27-22/h2-12,17-18H,13-16H2,1H3/b21-17+. The lowest BCUT2D eigenvalue weighted by Gasteiger charge is -2.35. The van der Waals surface area contributed by atoms with Crippen LogP contribution in [0.1, 0.15) is 21.6 Å². The Labute approximate surface area is 187 Å². The van der Waals surface area contributed by atoms with Crippen molar-refractivity contribution in [3.8, 4) is 5.75 Å². The second kappa shape index (κ2) is 9.87. The molecule has 0 atom stereocenters. The Bertz CT molecular complexity index is 1110. The Morgan fingerprint density at radius 1 is 0.906 bits per heavy atom. The Morgan fingerprint density at radius 3 is 2.28 bits per heavy atom. The number of carbonyl (C=O) groups excluding carboxylic acids is 2. The van der Waals surface area contributed by atoms with E-state index in [2.05, 4.69) is 9.97 Å². The highest BCUT2D eigenvalue weighted by Crippen LogP contribution is 2.26. The molecule has 3 aromatic rings. The van der Waals surface area contributed by atoms with Crippen LogP contribution in [0.4, 0.5) is 0 Å². The number of benzene rings is 2. The second-order valence-corrected chi connectivity index (χ2v) is 7.34. The number of hydrogen-bond donors (Lipinski definition) is 0. The molecule has 1 aromatic heterocycles. The third-order valence-corrected chi connectivity index (χ3v) is 5.39. The third kappa shape index (κ3) is 4.67. The van der Waals surface area contributed by atoms with Gasteiger partial charge in [0.1, 0.15) is 11.4 Å². The van der Waals surface area contributed by atoms with Gasteiger partial charge in [0.2, 0.25) is 0 Å². The maximum absolute atomic E-state index is 13.5. The van der Waals surface area contributed by atoms with Gasteiger partial charge in [-0.2, -0.15) is 0 Å². The van der Waals surface area contributed by atoms with Crippen LogP contribution < -0.4 is 4.74 Å². The molecule has 162 valence electrons. The van der Waals surface area contributed by atoms with Crippen molar-refractivity contribution in [1.82, 2.24) is 19.8 Å². The normalized spacial score (nSPS) is 14.2. The number of aromatic nitrogens is 2. The number of para-hydroxylation sites is 1. The number of piperazine rings is 1. The molecule has 0 N–H and O–H groups in total. The Morgan fingerprint density at radius 2 is 1.59 bits per heavy atom. The van der Waals surface area contributed by atoms with Crippen LogP contribution in [0.25, 0.3) is 11.6 Å². The van der Waals surface area contributed by atoms with E-state index in [-0.39, 0.29) is 11.8 Å². The number of ether oxygens (including phenoxy) is 1. The van der Waals surface area contributed by atoms with Crippen molar-refractivity contribution in [2.24, 2.45) is 0 Å². The van der Waals surface area contributed by atoms with Gasteiger partial charge in [0.15, 0.2) is 0 Å². The lowest BCUT2D eigenvalue weighted by molar-refractivity contribution is -0.126. The van der Waals surface area contributed by atoms with Gasteiger partial charge in [-0.05, 0) is 17.7 Å². The van der Waals surface area contributed by atoms with E-state index >= 15 is 0 Å². The molecule has 2 heterocycles. The lowest BCUT2D eigenvalue weighted by atomic mass is 10.0. The molecule has 0 aliphatic carbocycles. The first-order valence-corrected chi connectivity index (χ1v) is 10.4. The molecule has 1 aliphatic rings. The van der Waals surface area contributed by atoms with Gasteiger partial charge in [-0.25, -0.2) is 4.98 Å². The molecule has 0 spiro atoms. The van der Waals surface area contributed by atoms with Gasteiger partial charge in [-0.15, -0.1) is 0 Å². The Balaban J connectivity index is 1.55. The highest BCUT2D eigenvalue weighted by molar-refractivity contribution is 6.24. The molecule has 7 nitrogen and oxygen atoms in total. The number of nitrogens with zero attached hydrogens (tertiary/aromatic N) is 4. The summed E-state index contributed by atoms with van der Waals surface area (Å²) in [5.41, 5.74) is 2.57. The van der Waals surface area contributed by atoms with Crippen LogP contribution in [0, 0.1) is 0 Å². The average Bonchev–Trinajstić information content (AvgIpc) is 2.88. The predicted molar refractivity (Wildman–Crippen MR) is 122 cm³/mol. The van der Waals surface area contributed by atoms with Crippen LogP contribution in [0.3, 0.4) is 0 Å². The van der Waals surface area contributed by atoms with Crippen LogP contribution >= 0.6 is 0 Å². The van der Waals surface area contributed by atoms with Crippen LogP contribution in [-0.4, -0.2) is 64.9 Å². The SMILES string of the molecule is COc1ccccc1/C=C(/C(=O)N1CCN(C(=O)c2cnccn2)CC1)c1ccccc1. The second-order valence-electron chi connectivity index (χ2n) is 7.34. The number of amides is 2. The van der Waals surface area contributed by atoms with E-state index in [0.29, 0.717) is 43.2 Å². The van der Waals surface area contributed by atoms with E-state index in [1.54, 1.807) is 16.9 Å². The van der Waals surface area contributed by atoms with E-state index in [9.17, 15) is 9.59 Å². The van der Waals surface area contributed by atoms with Gasteiger partial charge < -0.3 is 14.5 Å². The van der Waals surface area contributed by atoms with E-state index in [1.807, 2.05) is 60.7 Å². The van der Waals surface area contributed by atoms with Crippen LogP contribution in [0.5, 0.6) is 5.75 Å². The number of hydrogen-bond acceptors (Lipinski definition) is 5. The van der Waals surface area contributed by atoms with Crippen molar-refractivity contribution in [2.45, 2.75) is 0 Å². The van der Waals surface area contributed by atoms with Crippen molar-refractivity contribution in [2.75, 3.05) is 33.3 Å². The third-order valence-electron chi connectivity index (χ3n) is 5.39. The van der Waals surface area contributed by atoms with Crippen molar-refractivity contribution < 1.29 is 14.3 Å². The summed E-state index contributed by atoms with van der Waals surface area (Å²) in [5, 5.41) is 0. The van der Waals surface area contributed by atoms with Gasteiger partial charge in [0, 0.05) is 49.7 Å². The number of methoxy groups -OCH3 is 1. The average molecular weight is 428 g/mol. The molecule has 32 heavy (non-hydrogen) atoms. The molecule has 2 amide bonds. The zero-order valence-corrected chi connectivity index (χ0v) is 17.8. The van der Waals surface area contributed by atoms with E-state index < -0.39 is 0 Å². The smallest absolute Gasteiger partial charge is 0.274 e. The maximum atomic E-state index is 13.5. The molecule has 1 aliphatic heterocycles. The van der Waals surface area contributed by atoms with E-state index in [0.717, 1.165) is 11.1 Å². The quantitative estimate of drug-likeness (QED) is 0.461. The highest BCUT2D eigenvalue weighted by Gasteiger charge is 2.27. The topological polar surface area (TPSA) is 75.6 Å². The summed E-state index contributed by atoms with van der Waals surface area (Å²) in [6.07, 6.45) is 6.37. The van der Waals surface area contributed by atoms with Crippen molar-refractivity contribution in [3.63, 3.8) is 0 Å². The molecule has 1 saturated heterocycles. The van der Waals surface area contributed by atoms with E-state index in [4.69, 9.17) is 4.74 Å². The van der Waals surface area contributed by atoms with Gasteiger partial charge in [0.25, 0.3) is 11.8 Å². The summed E-state index contributed by atoms with van der Waals surface area (Å²) in [6.45, 7) is 1.78. The van der Waals surface area contributed by atoms with Crippen molar-refractivity contribution in [3.05, 3.63) is 90.0 Å². The molecule has 2 aromatic carbocycles. The largest absolute Gasteiger partial charge is 0.496 e. The highest BCUT2D eigenvalue weighted by atomic mass is 16.5. The fraction of sp³-hybridized carbons (Fsp3) is 0.200. The molecule has 0 saturated carbocycles. The summed E-state index contributed by atoms with van der Waals surface area (Å²) in [5.74, 6) is 0.458. The Hall–Kier alpha value is -4.00. The fourth-order valence-electron chi connectivity index (χ4n) is 3.68. The summed E-state index contributed by atoms with van der Waals surface area (Å²) in [7, 11) is 1.62. The summed E-state index contributed by atoms with van der Waals surface area (Å²) >= 11 is 0. The summed E-state index contributed by atoms with van der Waals surface area (Å²) in [6, 6.07) is 17.2. The minimum atomic E-state index is -0.168. The molecule has 7 heteroatoms. The van der Waals surface area contributed by atoms with Crippen LogP contribution in [0.15, 0.2) is 73.2 Å². The first kappa shape index (κ1) is 21.2.